The third-order valence-corrected chi connectivity index (χ3v) is 4.30. The predicted octanol–water partition coefficient (Wildman–Crippen LogP) is 2.63. The second-order valence-corrected chi connectivity index (χ2v) is 5.57. The van der Waals surface area contributed by atoms with E-state index in [1.54, 1.807) is 11.0 Å². The van der Waals surface area contributed by atoms with Gasteiger partial charge in [0.2, 0.25) is 0 Å². The Kier molecular flexibility index (Phi) is 3.36. The molecule has 0 radical (unpaired) electrons. The largest absolute Gasteiger partial charge is 0.490 e. The fraction of sp³-hybridized carbons (Fsp3) is 0.333. The number of hydrogen-bond donors (Lipinski definition) is 0. The van der Waals surface area contributed by atoms with Gasteiger partial charge in [0.05, 0.1) is 23.8 Å². The van der Waals surface area contributed by atoms with Crippen LogP contribution < -0.4 is 9.64 Å². The van der Waals surface area contributed by atoms with Crippen LogP contribution >= 0.6 is 27.5 Å². The highest BCUT2D eigenvalue weighted by atomic mass is 79.9. The molecule has 0 spiro atoms. The summed E-state index contributed by atoms with van der Waals surface area (Å²) in [4.78, 5) is 6.45. The summed E-state index contributed by atoms with van der Waals surface area (Å²) in [5.41, 5.74) is 0.988. The topological polar surface area (TPSA) is 43.2 Å². The fourth-order valence-electron chi connectivity index (χ4n) is 2.07. The lowest BCUT2D eigenvalue weighted by Crippen LogP contribution is -2.33. The van der Waals surface area contributed by atoms with Gasteiger partial charge in [-0.25, -0.2) is 4.98 Å². The summed E-state index contributed by atoms with van der Waals surface area (Å²) in [6, 6.07) is 3.82. The fourth-order valence-corrected chi connectivity index (χ4v) is 2.55. The molecule has 100 valence electrons. The number of fused-ring (bicyclic) bond motifs is 1. The number of rotatable bonds is 2. The van der Waals surface area contributed by atoms with Crippen molar-refractivity contribution in [1.82, 2.24) is 14.8 Å². The first-order valence-electron chi connectivity index (χ1n) is 5.85. The Morgan fingerprint density at radius 2 is 2.32 bits per heavy atom. The Bertz CT molecular complexity index is 616. The van der Waals surface area contributed by atoms with Gasteiger partial charge in [0.25, 0.3) is 0 Å². The second kappa shape index (κ2) is 5.02. The van der Waals surface area contributed by atoms with Gasteiger partial charge in [-0.05, 0) is 28.1 Å². The van der Waals surface area contributed by atoms with E-state index in [1.807, 2.05) is 19.2 Å². The van der Waals surface area contributed by atoms with E-state index < -0.39 is 0 Å². The van der Waals surface area contributed by atoms with Gasteiger partial charge in [0.1, 0.15) is 24.5 Å². The van der Waals surface area contributed by atoms with Crippen LogP contribution in [0.1, 0.15) is 5.82 Å². The number of nitrogens with zero attached hydrogens (tertiary/aromatic N) is 4. The number of ether oxygens (including phenoxy) is 1. The predicted molar refractivity (Wildman–Crippen MR) is 76.7 cm³/mol. The van der Waals surface area contributed by atoms with Crippen LogP contribution in [0.25, 0.3) is 0 Å². The molecule has 0 fully saturated rings. The maximum Gasteiger partial charge on any atom is 0.146 e. The average molecular weight is 344 g/mol. The van der Waals surface area contributed by atoms with Gasteiger partial charge in [-0.1, -0.05) is 11.6 Å². The quantitative estimate of drug-likeness (QED) is 0.841. The van der Waals surface area contributed by atoms with Crippen molar-refractivity contribution in [1.29, 1.82) is 0 Å². The summed E-state index contributed by atoms with van der Waals surface area (Å²) in [5, 5.41) is 4.76. The Hall–Kier alpha value is -1.27. The summed E-state index contributed by atoms with van der Waals surface area (Å²) in [6.45, 7) is 2.14. The SMILES string of the molecule is Cn1ncnc1CN1CCOc2cc(Br)c(Cl)cc21. The molecule has 0 amide bonds. The van der Waals surface area contributed by atoms with Gasteiger partial charge in [0, 0.05) is 11.5 Å². The molecule has 1 aromatic heterocycles. The first-order chi connectivity index (χ1) is 9.15. The van der Waals surface area contributed by atoms with Crippen molar-refractivity contribution in [3.63, 3.8) is 0 Å². The zero-order valence-electron chi connectivity index (χ0n) is 10.3. The van der Waals surface area contributed by atoms with E-state index in [-0.39, 0.29) is 0 Å². The minimum Gasteiger partial charge on any atom is -0.490 e. The van der Waals surface area contributed by atoms with Crippen molar-refractivity contribution in [2.24, 2.45) is 7.05 Å². The van der Waals surface area contributed by atoms with Gasteiger partial charge >= 0.3 is 0 Å². The van der Waals surface area contributed by atoms with E-state index in [4.69, 9.17) is 16.3 Å². The van der Waals surface area contributed by atoms with E-state index in [9.17, 15) is 0 Å². The standard InChI is InChI=1S/C12H12BrClN4O/c1-17-12(15-7-16-17)6-18-2-3-19-11-4-8(13)9(14)5-10(11)18/h4-5,7H,2-3,6H2,1H3. The molecule has 0 aliphatic carbocycles. The minimum atomic E-state index is 0.652. The highest BCUT2D eigenvalue weighted by molar-refractivity contribution is 9.10. The molecule has 3 rings (SSSR count). The lowest BCUT2D eigenvalue weighted by molar-refractivity contribution is 0.306. The van der Waals surface area contributed by atoms with Crippen molar-refractivity contribution >= 4 is 33.2 Å². The summed E-state index contributed by atoms with van der Waals surface area (Å²) < 4.78 is 8.28. The van der Waals surface area contributed by atoms with Crippen molar-refractivity contribution in [2.45, 2.75) is 6.54 Å². The molecule has 0 unspecified atom stereocenters. The lowest BCUT2D eigenvalue weighted by atomic mass is 10.2. The van der Waals surface area contributed by atoms with Crippen LogP contribution in [0.3, 0.4) is 0 Å². The average Bonchev–Trinajstić information content (AvgIpc) is 2.78. The lowest BCUT2D eigenvalue weighted by Gasteiger charge is -2.31. The van der Waals surface area contributed by atoms with Gasteiger partial charge in [-0.2, -0.15) is 5.10 Å². The number of anilines is 1. The Morgan fingerprint density at radius 1 is 1.47 bits per heavy atom. The van der Waals surface area contributed by atoms with Crippen molar-refractivity contribution < 1.29 is 4.74 Å². The Morgan fingerprint density at radius 3 is 3.05 bits per heavy atom. The molecular weight excluding hydrogens is 332 g/mol. The maximum absolute atomic E-state index is 6.16. The second-order valence-electron chi connectivity index (χ2n) is 4.30. The Labute approximate surface area is 124 Å². The van der Waals surface area contributed by atoms with Crippen LogP contribution in [0.5, 0.6) is 5.75 Å². The molecule has 2 aromatic rings. The van der Waals surface area contributed by atoms with Gasteiger partial charge in [0.15, 0.2) is 0 Å². The number of halogens is 2. The summed E-state index contributed by atoms with van der Waals surface area (Å²) >= 11 is 9.57. The van der Waals surface area contributed by atoms with Crippen LogP contribution in [0.4, 0.5) is 5.69 Å². The van der Waals surface area contributed by atoms with E-state index in [2.05, 4.69) is 30.9 Å². The molecule has 0 saturated carbocycles. The molecule has 1 aliphatic rings. The van der Waals surface area contributed by atoms with Crippen molar-refractivity contribution in [3.8, 4) is 5.75 Å². The highest BCUT2D eigenvalue weighted by Gasteiger charge is 2.21. The molecule has 0 N–H and O–H groups in total. The molecule has 7 heteroatoms. The zero-order chi connectivity index (χ0) is 13.4. The van der Waals surface area contributed by atoms with Gasteiger partial charge < -0.3 is 9.64 Å². The van der Waals surface area contributed by atoms with Crippen LogP contribution in [0.15, 0.2) is 22.9 Å². The molecular formula is C12H12BrClN4O. The number of aryl methyl sites for hydroxylation is 1. The van der Waals surface area contributed by atoms with Crippen molar-refractivity contribution in [2.75, 3.05) is 18.1 Å². The zero-order valence-corrected chi connectivity index (χ0v) is 12.6. The summed E-state index contributed by atoms with van der Waals surface area (Å²) in [6.07, 6.45) is 1.56. The molecule has 1 aromatic carbocycles. The third-order valence-electron chi connectivity index (χ3n) is 3.10. The monoisotopic (exact) mass is 342 g/mol. The summed E-state index contributed by atoms with van der Waals surface area (Å²) in [7, 11) is 1.89. The van der Waals surface area contributed by atoms with Crippen LogP contribution in [0, 0.1) is 0 Å². The minimum absolute atomic E-state index is 0.652. The molecule has 0 bridgehead atoms. The maximum atomic E-state index is 6.16. The molecule has 5 nitrogen and oxygen atoms in total. The van der Waals surface area contributed by atoms with Crippen LogP contribution in [0.2, 0.25) is 5.02 Å². The number of aromatic nitrogens is 3. The smallest absolute Gasteiger partial charge is 0.146 e. The van der Waals surface area contributed by atoms with E-state index in [1.165, 1.54) is 0 Å². The van der Waals surface area contributed by atoms with E-state index in [0.29, 0.717) is 18.2 Å². The number of benzene rings is 1. The first kappa shape index (κ1) is 12.7. The molecule has 0 saturated heterocycles. The molecule has 19 heavy (non-hydrogen) atoms. The Balaban J connectivity index is 1.94. The van der Waals surface area contributed by atoms with Crippen LogP contribution in [-0.4, -0.2) is 27.9 Å². The van der Waals surface area contributed by atoms with E-state index >= 15 is 0 Å². The number of hydrogen-bond acceptors (Lipinski definition) is 4. The molecule has 1 aliphatic heterocycles. The first-order valence-corrected chi connectivity index (χ1v) is 7.02. The molecule has 2 heterocycles. The van der Waals surface area contributed by atoms with E-state index in [0.717, 1.165) is 28.3 Å². The van der Waals surface area contributed by atoms with Crippen molar-refractivity contribution in [3.05, 3.63) is 33.8 Å². The molecule has 0 atom stereocenters. The van der Waals surface area contributed by atoms with Gasteiger partial charge in [-0.15, -0.1) is 0 Å². The third kappa shape index (κ3) is 2.42. The highest BCUT2D eigenvalue weighted by Crippen LogP contribution is 2.38. The summed E-state index contributed by atoms with van der Waals surface area (Å²) in [5.74, 6) is 1.75. The van der Waals surface area contributed by atoms with Gasteiger partial charge in [-0.3, -0.25) is 4.68 Å². The van der Waals surface area contributed by atoms with Crippen LogP contribution in [-0.2, 0) is 13.6 Å². The normalized spacial score (nSPS) is 14.2.